The van der Waals surface area contributed by atoms with Gasteiger partial charge in [0, 0.05) is 0 Å². The van der Waals surface area contributed by atoms with Crippen molar-refractivity contribution in [3.05, 3.63) is 0 Å². The molecule has 0 spiro atoms. The van der Waals surface area contributed by atoms with Crippen molar-refractivity contribution in [2.24, 2.45) is 0 Å². The molecular formula is C2H6Ir2O2. The summed E-state index contributed by atoms with van der Waals surface area (Å²) < 4.78 is 6.54. The van der Waals surface area contributed by atoms with Crippen LogP contribution in [0.25, 0.3) is 0 Å². The van der Waals surface area contributed by atoms with E-state index in [1.54, 1.807) is 0 Å². The first-order valence-corrected chi connectivity index (χ1v) is 12.7. The van der Waals surface area contributed by atoms with Crippen LogP contribution in [0.15, 0.2) is 0 Å². The predicted octanol–water partition coefficient (Wildman–Crippen LogP) is 0.189. The van der Waals surface area contributed by atoms with Crippen molar-refractivity contribution in [2.75, 3.05) is 14.2 Å². The Morgan fingerprint density at radius 1 is 1.00 bits per heavy atom. The van der Waals surface area contributed by atoms with Crippen molar-refractivity contribution in [1.82, 2.24) is 0 Å². The van der Waals surface area contributed by atoms with Crippen LogP contribution in [0.4, 0.5) is 0 Å². The van der Waals surface area contributed by atoms with Crippen LogP contribution in [0.2, 0.25) is 0 Å². The Kier molecular flexibility index (Phi) is 0.668. The maximum atomic E-state index is 3.27. The maximum absolute atomic E-state index is 3.27. The molecular weight excluding hydrogens is 440 g/mol. The van der Waals surface area contributed by atoms with E-state index in [0.717, 1.165) is 0 Å². The van der Waals surface area contributed by atoms with E-state index in [1.807, 2.05) is 0 Å². The molecule has 2 rings (SSSR count). The van der Waals surface area contributed by atoms with E-state index >= 15 is 0 Å². The van der Waals surface area contributed by atoms with Crippen LogP contribution in [0, 0.1) is 0 Å². The number of rotatable bonds is 0. The standard InChI is InChI=1S/2CH3O.2Ir/c2*1-2;;/h2*1H3;;/q2*+1;2*-1. The summed E-state index contributed by atoms with van der Waals surface area (Å²) in [5, 5.41) is 0. The van der Waals surface area contributed by atoms with Gasteiger partial charge in [0.05, 0.1) is 0 Å². The third kappa shape index (κ3) is 0.313. The topological polar surface area (TPSA) is 5.40 Å². The quantitative estimate of drug-likeness (QED) is 0.370. The first kappa shape index (κ1) is 4.13. The van der Waals surface area contributed by atoms with Gasteiger partial charge in [0.1, 0.15) is 0 Å². The Hall–Kier alpha value is 1.22. The molecule has 6 heavy (non-hydrogen) atoms. The molecule has 0 amide bonds. The molecule has 2 heterocycles. The van der Waals surface area contributed by atoms with Gasteiger partial charge in [-0.2, -0.15) is 0 Å². The fourth-order valence-corrected chi connectivity index (χ4v) is 28.1. The van der Waals surface area contributed by atoms with Gasteiger partial charge in [0.25, 0.3) is 0 Å². The molecule has 0 atom stereocenters. The molecule has 2 aliphatic rings. The van der Waals surface area contributed by atoms with Crippen molar-refractivity contribution in [3.63, 3.8) is 0 Å². The van der Waals surface area contributed by atoms with Gasteiger partial charge in [-0.1, -0.05) is 0 Å². The summed E-state index contributed by atoms with van der Waals surface area (Å²) in [5.74, 6) is 0. The van der Waals surface area contributed by atoms with Crippen LogP contribution >= 0.6 is 0 Å². The molecule has 2 aliphatic heterocycles. The van der Waals surface area contributed by atoms with E-state index in [4.69, 9.17) is 0 Å². The van der Waals surface area contributed by atoms with Gasteiger partial charge < -0.3 is 0 Å². The zero-order valence-electron chi connectivity index (χ0n) is 3.48. The summed E-state index contributed by atoms with van der Waals surface area (Å²) in [6.45, 7) is 0. The minimum absolute atomic E-state index is 0.463. The Bertz CT molecular complexity index is 75.5. The normalized spacial score (nSPS) is 43.0. The van der Waals surface area contributed by atoms with E-state index in [-0.39, 0.29) is 0 Å². The zero-order valence-corrected chi connectivity index (χ0v) is 8.27. The molecule has 0 aromatic carbocycles. The van der Waals surface area contributed by atoms with Gasteiger partial charge in [-0.3, -0.25) is 0 Å². The number of hydrogen-bond donors (Lipinski definition) is 0. The van der Waals surface area contributed by atoms with Gasteiger partial charge in [0.2, 0.25) is 0 Å². The summed E-state index contributed by atoms with van der Waals surface area (Å²) >= 11 is -0.926. The molecule has 0 aliphatic carbocycles. The number of fused-ring (bicyclic) bond motifs is 1. The van der Waals surface area contributed by atoms with E-state index in [1.165, 1.54) is 0 Å². The van der Waals surface area contributed by atoms with Gasteiger partial charge in [-0.15, -0.1) is 0 Å². The molecule has 4 heteroatoms. The second kappa shape index (κ2) is 0.969. The Morgan fingerprint density at radius 3 is 1.33 bits per heavy atom. The van der Waals surface area contributed by atoms with E-state index < -0.39 is 29.1 Å². The summed E-state index contributed by atoms with van der Waals surface area (Å²) in [6, 6.07) is 0. The van der Waals surface area contributed by atoms with Gasteiger partial charge in [-0.05, 0) is 0 Å². The van der Waals surface area contributed by atoms with E-state index in [2.05, 4.69) is 18.0 Å². The first-order chi connectivity index (χ1) is 2.82. The average molecular weight is 447 g/mol. The van der Waals surface area contributed by atoms with Crippen molar-refractivity contribution in [1.29, 1.82) is 0 Å². The SMILES string of the molecule is C[O+]1[Ir-]2[O+](C)[Ir-]12. The average Bonchev–Trinajstić information content (AvgIpc) is 2.28. The Balaban J connectivity index is 2.06. The Morgan fingerprint density at radius 2 is 1.33 bits per heavy atom. The second-order valence-electron chi connectivity index (χ2n) is 0.928. The molecule has 0 N–H and O–H groups in total. The van der Waals surface area contributed by atoms with Crippen LogP contribution in [-0.4, -0.2) is 14.2 Å². The molecule has 0 aromatic rings. The second-order valence-corrected chi connectivity index (χ2v) is 23.6. The van der Waals surface area contributed by atoms with Crippen molar-refractivity contribution in [2.45, 2.75) is 0 Å². The molecule has 0 saturated carbocycles. The minimum atomic E-state index is -0.463. The van der Waals surface area contributed by atoms with Crippen molar-refractivity contribution in [3.8, 4) is 0 Å². The Labute approximate surface area is 47.1 Å². The van der Waals surface area contributed by atoms with Gasteiger partial charge >= 0.3 is 47.0 Å². The van der Waals surface area contributed by atoms with E-state index in [0.29, 0.717) is 0 Å². The molecule has 2 nitrogen and oxygen atoms in total. The molecule has 0 bridgehead atoms. The monoisotopic (exact) mass is 448 g/mol. The summed E-state index contributed by atoms with van der Waals surface area (Å²) in [4.78, 5) is 0. The fourth-order valence-electron chi connectivity index (χ4n) is 0.340. The van der Waals surface area contributed by atoms with E-state index in [9.17, 15) is 0 Å². The molecule has 44 valence electrons. The summed E-state index contributed by atoms with van der Waals surface area (Å²) in [5.41, 5.74) is 0. The van der Waals surface area contributed by atoms with Crippen LogP contribution < -0.4 is 0 Å². The molecule has 2 saturated heterocycles. The predicted molar refractivity (Wildman–Crippen MR) is 14.0 cm³/mol. The van der Waals surface area contributed by atoms with Crippen molar-refractivity contribution < 1.29 is 32.8 Å². The molecule has 2 fully saturated rings. The summed E-state index contributed by atoms with van der Waals surface area (Å²) in [7, 11) is 4.38. The van der Waals surface area contributed by atoms with Crippen LogP contribution in [-0.2, 0) is 32.8 Å². The fraction of sp³-hybridized carbons (Fsp3) is 1.00. The third-order valence-electron chi connectivity index (χ3n) is 0.605. The van der Waals surface area contributed by atoms with Crippen LogP contribution in [0.5, 0.6) is 0 Å². The van der Waals surface area contributed by atoms with Gasteiger partial charge in [0.15, 0.2) is 0 Å². The first-order valence-electron chi connectivity index (χ1n) is 1.47. The third-order valence-corrected chi connectivity index (χ3v) is 27.5. The zero-order chi connectivity index (χ0) is 4.31. The molecule has 0 aromatic heterocycles. The summed E-state index contributed by atoms with van der Waals surface area (Å²) in [6.07, 6.45) is 0. The number of hydrogen-bond acceptors (Lipinski definition) is 0. The van der Waals surface area contributed by atoms with Crippen molar-refractivity contribution >= 4 is 0 Å². The van der Waals surface area contributed by atoms with Crippen LogP contribution in [0.1, 0.15) is 0 Å². The van der Waals surface area contributed by atoms with Gasteiger partial charge in [-0.25, -0.2) is 0 Å². The van der Waals surface area contributed by atoms with Crippen LogP contribution in [0.3, 0.4) is 0 Å². The molecule has 0 unspecified atom stereocenters. The molecule has 0 radical (unpaired) electrons.